The Balaban J connectivity index is 2.27. The van der Waals surface area contributed by atoms with Gasteiger partial charge in [0.1, 0.15) is 0 Å². The summed E-state index contributed by atoms with van der Waals surface area (Å²) in [5, 5.41) is 3.17. The highest BCUT2D eigenvalue weighted by Gasteiger charge is 2.08. The van der Waals surface area contributed by atoms with Crippen LogP contribution < -0.4 is 16.8 Å². The number of aromatic amines is 1. The number of H-pyrrole nitrogens is 1. The second-order valence-corrected chi connectivity index (χ2v) is 3.68. The minimum Gasteiger partial charge on any atom is -0.408 e. The summed E-state index contributed by atoms with van der Waals surface area (Å²) in [6.45, 7) is 3.62. The molecule has 0 spiro atoms. The van der Waals surface area contributed by atoms with Crippen LogP contribution in [-0.2, 0) is 0 Å². The maximum atomic E-state index is 11.0. The van der Waals surface area contributed by atoms with E-state index in [2.05, 4.69) is 10.3 Å². The second-order valence-electron chi connectivity index (χ2n) is 3.68. The first-order valence-electron chi connectivity index (χ1n) is 5.29. The van der Waals surface area contributed by atoms with Gasteiger partial charge in [-0.2, -0.15) is 0 Å². The average Bonchev–Trinajstić information content (AvgIpc) is 2.64. The Bertz CT molecular complexity index is 529. The number of oxazole rings is 1. The van der Waals surface area contributed by atoms with Gasteiger partial charge in [0.05, 0.1) is 5.52 Å². The van der Waals surface area contributed by atoms with Crippen molar-refractivity contribution in [3.8, 4) is 0 Å². The van der Waals surface area contributed by atoms with E-state index in [1.807, 2.05) is 13.0 Å². The monoisotopic (exact) mass is 221 g/mol. The summed E-state index contributed by atoms with van der Waals surface area (Å²) in [6.07, 6.45) is 0. The quantitative estimate of drug-likeness (QED) is 0.710. The first kappa shape index (κ1) is 10.9. The number of fused-ring (bicyclic) bond motifs is 1. The van der Waals surface area contributed by atoms with E-state index in [1.54, 1.807) is 12.1 Å². The van der Waals surface area contributed by atoms with Crippen LogP contribution in [0.4, 0.5) is 0 Å². The molecule has 0 fully saturated rings. The molecule has 1 aromatic carbocycles. The van der Waals surface area contributed by atoms with Crippen molar-refractivity contribution in [2.24, 2.45) is 5.73 Å². The third kappa shape index (κ3) is 2.15. The Morgan fingerprint density at radius 2 is 2.38 bits per heavy atom. The summed E-state index contributed by atoms with van der Waals surface area (Å²) in [5.41, 5.74) is 8.19. The number of nitrogens with two attached hydrogens (primary N) is 1. The van der Waals surface area contributed by atoms with Crippen LogP contribution in [0.5, 0.6) is 0 Å². The molecular formula is C11H15N3O2. The molecule has 0 aliphatic heterocycles. The molecule has 0 bridgehead atoms. The SMILES string of the molecule is CCNCC(N)c1ccc2[nH]c(=O)oc2c1. The van der Waals surface area contributed by atoms with E-state index < -0.39 is 5.76 Å². The second kappa shape index (κ2) is 4.51. The molecule has 5 nitrogen and oxygen atoms in total. The maximum absolute atomic E-state index is 11.0. The van der Waals surface area contributed by atoms with Crippen molar-refractivity contribution in [3.05, 3.63) is 34.3 Å². The molecule has 1 aromatic heterocycles. The number of hydrogen-bond donors (Lipinski definition) is 3. The van der Waals surface area contributed by atoms with Gasteiger partial charge in [0.25, 0.3) is 0 Å². The fourth-order valence-electron chi connectivity index (χ4n) is 1.61. The van der Waals surface area contributed by atoms with Crippen LogP contribution in [0.3, 0.4) is 0 Å². The van der Waals surface area contributed by atoms with Crippen molar-refractivity contribution >= 4 is 11.1 Å². The summed E-state index contributed by atoms with van der Waals surface area (Å²) in [6, 6.07) is 5.41. The summed E-state index contributed by atoms with van der Waals surface area (Å²) in [4.78, 5) is 13.6. The van der Waals surface area contributed by atoms with E-state index in [0.717, 1.165) is 12.1 Å². The van der Waals surface area contributed by atoms with Crippen molar-refractivity contribution in [2.75, 3.05) is 13.1 Å². The van der Waals surface area contributed by atoms with Crippen LogP contribution in [0.25, 0.3) is 11.1 Å². The van der Waals surface area contributed by atoms with Crippen molar-refractivity contribution in [1.29, 1.82) is 0 Å². The highest BCUT2D eigenvalue weighted by Crippen LogP contribution is 2.16. The van der Waals surface area contributed by atoms with E-state index in [0.29, 0.717) is 17.6 Å². The lowest BCUT2D eigenvalue weighted by Gasteiger charge is -2.11. The van der Waals surface area contributed by atoms with Gasteiger partial charge < -0.3 is 15.5 Å². The standard InChI is InChI=1S/C11H15N3O2/c1-2-13-6-8(12)7-3-4-9-10(5-7)16-11(15)14-9/h3-5,8,13H,2,6,12H2,1H3,(H,14,15). The lowest BCUT2D eigenvalue weighted by molar-refractivity contribution is 0.553. The zero-order chi connectivity index (χ0) is 11.5. The Labute approximate surface area is 92.6 Å². The fraction of sp³-hybridized carbons (Fsp3) is 0.364. The largest absolute Gasteiger partial charge is 0.417 e. The number of hydrogen-bond acceptors (Lipinski definition) is 4. The van der Waals surface area contributed by atoms with Gasteiger partial charge in [0, 0.05) is 12.6 Å². The van der Waals surface area contributed by atoms with Crippen molar-refractivity contribution < 1.29 is 4.42 Å². The Morgan fingerprint density at radius 3 is 3.12 bits per heavy atom. The molecular weight excluding hydrogens is 206 g/mol. The Morgan fingerprint density at radius 1 is 1.56 bits per heavy atom. The summed E-state index contributed by atoms with van der Waals surface area (Å²) >= 11 is 0. The van der Waals surface area contributed by atoms with E-state index in [1.165, 1.54) is 0 Å². The first-order chi connectivity index (χ1) is 7.70. The minimum absolute atomic E-state index is 0.0930. The molecule has 0 aliphatic rings. The van der Waals surface area contributed by atoms with Gasteiger partial charge in [-0.1, -0.05) is 13.0 Å². The van der Waals surface area contributed by atoms with Crippen LogP contribution in [0.15, 0.2) is 27.4 Å². The Hall–Kier alpha value is -1.59. The average molecular weight is 221 g/mol. The molecule has 0 radical (unpaired) electrons. The maximum Gasteiger partial charge on any atom is 0.417 e. The van der Waals surface area contributed by atoms with Crippen molar-refractivity contribution in [2.45, 2.75) is 13.0 Å². The van der Waals surface area contributed by atoms with Gasteiger partial charge in [0.15, 0.2) is 5.58 Å². The van der Waals surface area contributed by atoms with E-state index in [9.17, 15) is 4.79 Å². The molecule has 2 rings (SSSR count). The minimum atomic E-state index is -0.438. The highest BCUT2D eigenvalue weighted by atomic mass is 16.4. The van der Waals surface area contributed by atoms with Crippen LogP contribution in [0.2, 0.25) is 0 Å². The van der Waals surface area contributed by atoms with Crippen molar-refractivity contribution in [3.63, 3.8) is 0 Å². The number of likely N-dealkylation sites (N-methyl/N-ethyl adjacent to an activating group) is 1. The molecule has 2 aromatic rings. The number of aromatic nitrogens is 1. The molecule has 0 aliphatic carbocycles. The van der Waals surface area contributed by atoms with Gasteiger partial charge in [-0.05, 0) is 24.2 Å². The highest BCUT2D eigenvalue weighted by molar-refractivity contribution is 5.72. The molecule has 1 unspecified atom stereocenters. The lowest BCUT2D eigenvalue weighted by atomic mass is 10.1. The van der Waals surface area contributed by atoms with E-state index >= 15 is 0 Å². The Kier molecular flexibility index (Phi) is 3.07. The molecule has 86 valence electrons. The molecule has 1 atom stereocenters. The molecule has 16 heavy (non-hydrogen) atoms. The van der Waals surface area contributed by atoms with E-state index in [4.69, 9.17) is 10.2 Å². The molecule has 4 N–H and O–H groups in total. The zero-order valence-electron chi connectivity index (χ0n) is 9.12. The number of benzene rings is 1. The first-order valence-corrected chi connectivity index (χ1v) is 5.29. The summed E-state index contributed by atoms with van der Waals surface area (Å²) < 4.78 is 4.98. The molecule has 0 amide bonds. The topological polar surface area (TPSA) is 84.0 Å². The molecule has 0 saturated carbocycles. The summed E-state index contributed by atoms with van der Waals surface area (Å²) in [7, 11) is 0. The zero-order valence-corrected chi connectivity index (χ0v) is 9.12. The molecule has 5 heteroatoms. The number of rotatable bonds is 4. The van der Waals surface area contributed by atoms with Crippen LogP contribution >= 0.6 is 0 Å². The van der Waals surface area contributed by atoms with Gasteiger partial charge in [-0.3, -0.25) is 4.98 Å². The lowest BCUT2D eigenvalue weighted by Crippen LogP contribution is -2.26. The third-order valence-electron chi connectivity index (χ3n) is 2.49. The predicted molar refractivity (Wildman–Crippen MR) is 62.3 cm³/mol. The van der Waals surface area contributed by atoms with Crippen LogP contribution in [0, 0.1) is 0 Å². The van der Waals surface area contributed by atoms with Crippen LogP contribution in [0.1, 0.15) is 18.5 Å². The molecule has 1 heterocycles. The van der Waals surface area contributed by atoms with E-state index in [-0.39, 0.29) is 6.04 Å². The van der Waals surface area contributed by atoms with Gasteiger partial charge in [-0.15, -0.1) is 0 Å². The number of nitrogens with one attached hydrogen (secondary N) is 2. The van der Waals surface area contributed by atoms with Gasteiger partial charge >= 0.3 is 5.76 Å². The fourth-order valence-corrected chi connectivity index (χ4v) is 1.61. The van der Waals surface area contributed by atoms with Gasteiger partial charge in [0.2, 0.25) is 0 Å². The smallest absolute Gasteiger partial charge is 0.408 e. The third-order valence-corrected chi connectivity index (χ3v) is 2.49. The predicted octanol–water partition coefficient (Wildman–Crippen LogP) is 0.730. The normalized spacial score (nSPS) is 13.1. The van der Waals surface area contributed by atoms with Gasteiger partial charge in [-0.25, -0.2) is 4.79 Å². The summed E-state index contributed by atoms with van der Waals surface area (Å²) in [5.74, 6) is -0.438. The van der Waals surface area contributed by atoms with Crippen LogP contribution in [-0.4, -0.2) is 18.1 Å². The molecule has 0 saturated heterocycles. The van der Waals surface area contributed by atoms with Crippen molar-refractivity contribution in [1.82, 2.24) is 10.3 Å².